The maximum absolute atomic E-state index is 9.36. The van der Waals surface area contributed by atoms with Crippen LogP contribution in [0.25, 0.3) is 0 Å². The monoisotopic (exact) mass is 290 g/mol. The largest absolute Gasteiger partial charge is 0.381 e. The van der Waals surface area contributed by atoms with Gasteiger partial charge in [-0.3, -0.25) is 0 Å². The van der Waals surface area contributed by atoms with Crippen molar-refractivity contribution in [2.24, 2.45) is 0 Å². The van der Waals surface area contributed by atoms with E-state index in [-0.39, 0.29) is 0 Å². The SMILES string of the molecule is CCCCOCCCCOCCCCOC(O)CCC. The van der Waals surface area contributed by atoms with Crippen LogP contribution in [-0.2, 0) is 14.2 Å². The summed E-state index contributed by atoms with van der Waals surface area (Å²) in [5.74, 6) is 0. The highest BCUT2D eigenvalue weighted by atomic mass is 16.6. The van der Waals surface area contributed by atoms with Gasteiger partial charge in [-0.1, -0.05) is 26.7 Å². The van der Waals surface area contributed by atoms with E-state index < -0.39 is 6.29 Å². The van der Waals surface area contributed by atoms with Crippen LogP contribution < -0.4 is 0 Å². The molecule has 0 spiro atoms. The Balaban J connectivity index is 2.99. The van der Waals surface area contributed by atoms with E-state index in [1.54, 1.807) is 0 Å². The van der Waals surface area contributed by atoms with Gasteiger partial charge in [-0.05, 0) is 38.5 Å². The topological polar surface area (TPSA) is 47.9 Å². The first kappa shape index (κ1) is 19.8. The second-order valence-corrected chi connectivity index (χ2v) is 5.11. The number of aliphatic hydroxyl groups is 1. The quantitative estimate of drug-likeness (QED) is 0.349. The molecule has 0 saturated heterocycles. The molecule has 0 aromatic heterocycles. The third-order valence-corrected chi connectivity index (χ3v) is 3.00. The van der Waals surface area contributed by atoms with Gasteiger partial charge in [-0.25, -0.2) is 0 Å². The molecule has 0 rings (SSSR count). The van der Waals surface area contributed by atoms with E-state index in [0.717, 1.165) is 71.4 Å². The number of ether oxygens (including phenoxy) is 3. The fraction of sp³-hybridized carbons (Fsp3) is 1.00. The van der Waals surface area contributed by atoms with Crippen molar-refractivity contribution in [1.29, 1.82) is 0 Å². The molecule has 20 heavy (non-hydrogen) atoms. The van der Waals surface area contributed by atoms with Crippen LogP contribution in [0.15, 0.2) is 0 Å². The van der Waals surface area contributed by atoms with Crippen LogP contribution in [0.3, 0.4) is 0 Å². The predicted molar refractivity (Wildman–Crippen MR) is 81.9 cm³/mol. The molecular formula is C16H34O4. The summed E-state index contributed by atoms with van der Waals surface area (Å²) in [5, 5.41) is 9.36. The summed E-state index contributed by atoms with van der Waals surface area (Å²) in [5.41, 5.74) is 0. The van der Waals surface area contributed by atoms with Gasteiger partial charge < -0.3 is 19.3 Å². The first-order chi connectivity index (χ1) is 9.81. The molecule has 0 aliphatic carbocycles. The van der Waals surface area contributed by atoms with Crippen molar-refractivity contribution in [2.75, 3.05) is 33.0 Å². The lowest BCUT2D eigenvalue weighted by atomic mass is 10.3. The molecule has 1 unspecified atom stereocenters. The van der Waals surface area contributed by atoms with Crippen LogP contribution in [0.2, 0.25) is 0 Å². The van der Waals surface area contributed by atoms with Gasteiger partial charge in [0.25, 0.3) is 0 Å². The van der Waals surface area contributed by atoms with Gasteiger partial charge >= 0.3 is 0 Å². The van der Waals surface area contributed by atoms with E-state index in [2.05, 4.69) is 6.92 Å². The zero-order chi connectivity index (χ0) is 14.9. The molecule has 0 aliphatic rings. The van der Waals surface area contributed by atoms with Gasteiger partial charge in [0, 0.05) is 33.0 Å². The van der Waals surface area contributed by atoms with E-state index in [1.807, 2.05) is 6.92 Å². The Hall–Kier alpha value is -0.160. The molecule has 0 heterocycles. The van der Waals surface area contributed by atoms with Gasteiger partial charge in [0.2, 0.25) is 0 Å². The van der Waals surface area contributed by atoms with Crippen LogP contribution in [0.5, 0.6) is 0 Å². The third-order valence-electron chi connectivity index (χ3n) is 3.00. The van der Waals surface area contributed by atoms with Crippen LogP contribution in [0.1, 0.15) is 65.2 Å². The lowest BCUT2D eigenvalue weighted by Crippen LogP contribution is -2.12. The molecule has 0 bridgehead atoms. The summed E-state index contributed by atoms with van der Waals surface area (Å²) in [6.45, 7) is 8.17. The van der Waals surface area contributed by atoms with Crippen LogP contribution in [0, 0.1) is 0 Å². The van der Waals surface area contributed by atoms with Crippen molar-refractivity contribution in [3.63, 3.8) is 0 Å². The van der Waals surface area contributed by atoms with Gasteiger partial charge in [-0.2, -0.15) is 0 Å². The molecule has 4 nitrogen and oxygen atoms in total. The van der Waals surface area contributed by atoms with E-state index in [4.69, 9.17) is 14.2 Å². The fourth-order valence-corrected chi connectivity index (χ4v) is 1.71. The van der Waals surface area contributed by atoms with Gasteiger partial charge in [0.15, 0.2) is 6.29 Å². The minimum atomic E-state index is -0.589. The van der Waals surface area contributed by atoms with Crippen molar-refractivity contribution >= 4 is 0 Å². The van der Waals surface area contributed by atoms with Crippen molar-refractivity contribution in [1.82, 2.24) is 0 Å². The molecule has 0 radical (unpaired) electrons. The number of aliphatic hydroxyl groups excluding tert-OH is 1. The average molecular weight is 290 g/mol. The number of hydrogen-bond donors (Lipinski definition) is 1. The zero-order valence-corrected chi connectivity index (χ0v) is 13.4. The van der Waals surface area contributed by atoms with E-state index in [9.17, 15) is 5.11 Å². The second-order valence-electron chi connectivity index (χ2n) is 5.11. The number of rotatable bonds is 16. The van der Waals surface area contributed by atoms with Crippen LogP contribution >= 0.6 is 0 Å². The molecule has 122 valence electrons. The van der Waals surface area contributed by atoms with E-state index >= 15 is 0 Å². The molecule has 0 fully saturated rings. The Morgan fingerprint density at radius 2 is 1.20 bits per heavy atom. The Kier molecular flexibility index (Phi) is 16.8. The fourth-order valence-electron chi connectivity index (χ4n) is 1.71. The molecule has 0 aromatic carbocycles. The van der Waals surface area contributed by atoms with E-state index in [0.29, 0.717) is 6.61 Å². The lowest BCUT2D eigenvalue weighted by Gasteiger charge is -2.10. The summed E-state index contributed by atoms with van der Waals surface area (Å²) in [6, 6.07) is 0. The first-order valence-corrected chi connectivity index (χ1v) is 8.26. The Morgan fingerprint density at radius 1 is 0.700 bits per heavy atom. The summed E-state index contributed by atoms with van der Waals surface area (Å²) in [6.07, 6.45) is 7.52. The minimum Gasteiger partial charge on any atom is -0.381 e. The van der Waals surface area contributed by atoms with Gasteiger partial charge in [0.05, 0.1) is 0 Å². The van der Waals surface area contributed by atoms with Crippen molar-refractivity contribution in [2.45, 2.75) is 71.5 Å². The molecule has 1 atom stereocenters. The molecule has 4 heteroatoms. The summed E-state index contributed by atoms with van der Waals surface area (Å²) in [4.78, 5) is 0. The van der Waals surface area contributed by atoms with Crippen molar-refractivity contribution in [3.05, 3.63) is 0 Å². The molecule has 0 saturated carbocycles. The molecular weight excluding hydrogens is 256 g/mol. The standard InChI is InChI=1S/C16H34O4/c1-3-5-11-18-12-6-7-13-19-14-8-9-15-20-16(17)10-4-2/h16-17H,3-15H2,1-2H3. The van der Waals surface area contributed by atoms with Crippen molar-refractivity contribution < 1.29 is 19.3 Å². The Bertz CT molecular complexity index is 176. The minimum absolute atomic E-state index is 0.589. The summed E-state index contributed by atoms with van der Waals surface area (Å²) >= 11 is 0. The molecule has 0 amide bonds. The Morgan fingerprint density at radius 3 is 1.70 bits per heavy atom. The van der Waals surface area contributed by atoms with E-state index in [1.165, 1.54) is 6.42 Å². The highest BCUT2D eigenvalue weighted by Gasteiger charge is 2.01. The number of unbranched alkanes of at least 4 members (excludes halogenated alkanes) is 3. The zero-order valence-electron chi connectivity index (χ0n) is 13.4. The third kappa shape index (κ3) is 15.9. The average Bonchev–Trinajstić information content (AvgIpc) is 2.44. The van der Waals surface area contributed by atoms with Crippen molar-refractivity contribution in [3.8, 4) is 0 Å². The highest BCUT2D eigenvalue weighted by Crippen LogP contribution is 2.01. The maximum Gasteiger partial charge on any atom is 0.154 e. The normalized spacial score (nSPS) is 12.8. The lowest BCUT2D eigenvalue weighted by molar-refractivity contribution is -0.104. The van der Waals surface area contributed by atoms with Crippen LogP contribution in [-0.4, -0.2) is 44.4 Å². The first-order valence-electron chi connectivity index (χ1n) is 8.26. The molecule has 1 N–H and O–H groups in total. The Labute approximate surface area is 124 Å². The second kappa shape index (κ2) is 16.9. The molecule has 0 aliphatic heterocycles. The predicted octanol–water partition coefficient (Wildman–Crippen LogP) is 3.52. The number of hydrogen-bond acceptors (Lipinski definition) is 4. The summed E-state index contributed by atoms with van der Waals surface area (Å²) in [7, 11) is 0. The molecule has 0 aromatic rings. The van der Waals surface area contributed by atoms with Gasteiger partial charge in [-0.15, -0.1) is 0 Å². The maximum atomic E-state index is 9.36. The van der Waals surface area contributed by atoms with Gasteiger partial charge in [0.1, 0.15) is 0 Å². The summed E-state index contributed by atoms with van der Waals surface area (Å²) < 4.78 is 16.3. The smallest absolute Gasteiger partial charge is 0.154 e. The van der Waals surface area contributed by atoms with Crippen LogP contribution in [0.4, 0.5) is 0 Å². The highest BCUT2D eigenvalue weighted by molar-refractivity contribution is 4.44.